The number of rotatable bonds is 0. The molecule has 1 aromatic heterocycles. The molecule has 2 heterocycles. The second-order valence-electron chi connectivity index (χ2n) is 8.60. The van der Waals surface area contributed by atoms with E-state index in [1.807, 2.05) is 0 Å². The van der Waals surface area contributed by atoms with Gasteiger partial charge >= 0.3 is 0 Å². The van der Waals surface area contributed by atoms with Crippen LogP contribution in [0.25, 0.3) is 32.8 Å². The van der Waals surface area contributed by atoms with Crippen molar-refractivity contribution in [2.24, 2.45) is 7.05 Å². The quantitative estimate of drug-likeness (QED) is 0.364. The summed E-state index contributed by atoms with van der Waals surface area (Å²) in [6, 6.07) is 13.8. The highest BCUT2D eigenvalue weighted by Gasteiger charge is 2.34. The molecule has 2 nitrogen and oxygen atoms in total. The number of aryl methyl sites for hydroxylation is 5. The Bertz CT molecular complexity index is 1330. The molecule has 3 aromatic carbocycles. The van der Waals surface area contributed by atoms with Crippen LogP contribution in [0.1, 0.15) is 28.7 Å². The van der Waals surface area contributed by atoms with Crippen LogP contribution < -0.4 is 9.47 Å². The summed E-state index contributed by atoms with van der Waals surface area (Å²) in [7, 11) is 4.46. The van der Waals surface area contributed by atoms with Gasteiger partial charge in [0, 0.05) is 13.1 Å². The maximum atomic E-state index is 2.47. The average Bonchev–Trinajstić information content (AvgIpc) is 2.69. The molecule has 0 spiro atoms. The fourth-order valence-electron chi connectivity index (χ4n) is 5.73. The van der Waals surface area contributed by atoms with E-state index in [9.17, 15) is 0 Å². The lowest BCUT2D eigenvalue weighted by Crippen LogP contribution is -2.34. The lowest BCUT2D eigenvalue weighted by Gasteiger charge is -2.34. The Morgan fingerprint density at radius 3 is 2.71 bits per heavy atom. The SMILES string of the molecule is Cc1cc2c3c([n+](C)ccc3c1)-c1c(c3c4c(cccc4c1C)CCC3)N2C. The third-order valence-corrected chi connectivity index (χ3v) is 6.92. The van der Waals surface area contributed by atoms with Crippen LogP contribution in [-0.4, -0.2) is 7.05 Å². The minimum atomic E-state index is 1.17. The third kappa shape index (κ3) is 1.86. The van der Waals surface area contributed by atoms with Crippen LogP contribution in [0.3, 0.4) is 0 Å². The minimum absolute atomic E-state index is 1.17. The highest BCUT2D eigenvalue weighted by Crippen LogP contribution is 2.52. The van der Waals surface area contributed by atoms with E-state index >= 15 is 0 Å². The Morgan fingerprint density at radius 2 is 1.86 bits per heavy atom. The predicted octanol–water partition coefficient (Wildman–Crippen LogP) is 5.67. The summed E-state index contributed by atoms with van der Waals surface area (Å²) in [6.45, 7) is 4.53. The summed E-state index contributed by atoms with van der Waals surface area (Å²) in [5.41, 5.74) is 11.4. The van der Waals surface area contributed by atoms with Gasteiger partial charge in [0.2, 0.25) is 5.69 Å². The van der Waals surface area contributed by atoms with Gasteiger partial charge in [0.05, 0.1) is 22.3 Å². The number of pyridine rings is 1. The number of fused-ring (bicyclic) bond motifs is 3. The summed E-state index contributed by atoms with van der Waals surface area (Å²) < 4.78 is 2.32. The Morgan fingerprint density at radius 1 is 1.00 bits per heavy atom. The summed E-state index contributed by atoms with van der Waals surface area (Å²) in [5, 5.41) is 5.67. The molecular weight excluding hydrogens is 340 g/mol. The van der Waals surface area contributed by atoms with Crippen LogP contribution in [0.2, 0.25) is 0 Å². The lowest BCUT2D eigenvalue weighted by molar-refractivity contribution is -0.659. The molecule has 1 aliphatic heterocycles. The highest BCUT2D eigenvalue weighted by molar-refractivity contribution is 6.14. The van der Waals surface area contributed by atoms with Crippen molar-refractivity contribution < 1.29 is 4.57 Å². The van der Waals surface area contributed by atoms with E-state index < -0.39 is 0 Å². The standard InChI is InChI=1S/C26H25N2/c1-15-13-18-11-12-27(3)26-22-16(2)19-9-5-7-17-8-6-10-20(23(17)19)25(22)28(4)21(14-15)24(18)26/h5,7,9,11-14H,6,8,10H2,1-4H3/q+1. The number of nitrogens with zero attached hydrogens (tertiary/aromatic N) is 2. The van der Waals surface area contributed by atoms with E-state index in [-0.39, 0.29) is 0 Å². The molecule has 0 N–H and O–H groups in total. The summed E-state index contributed by atoms with van der Waals surface area (Å²) in [6.07, 6.45) is 5.83. The number of aromatic nitrogens is 1. The van der Waals surface area contributed by atoms with Crippen molar-refractivity contribution in [2.45, 2.75) is 33.1 Å². The first-order chi connectivity index (χ1) is 13.6. The van der Waals surface area contributed by atoms with Crippen LogP contribution in [0.4, 0.5) is 11.4 Å². The molecule has 6 rings (SSSR count). The normalized spacial score (nSPS) is 14.6. The third-order valence-electron chi connectivity index (χ3n) is 6.92. The number of benzene rings is 3. The molecule has 138 valence electrons. The van der Waals surface area contributed by atoms with E-state index in [1.165, 1.54) is 80.1 Å². The lowest BCUT2D eigenvalue weighted by atomic mass is 9.80. The molecule has 0 saturated carbocycles. The summed E-state index contributed by atoms with van der Waals surface area (Å²) >= 11 is 0. The zero-order valence-corrected chi connectivity index (χ0v) is 17.1. The first-order valence-electron chi connectivity index (χ1n) is 10.3. The van der Waals surface area contributed by atoms with Gasteiger partial charge in [-0.2, -0.15) is 0 Å². The molecule has 0 amide bonds. The Balaban J connectivity index is 1.90. The summed E-state index contributed by atoms with van der Waals surface area (Å²) in [5.74, 6) is 0. The Kier molecular flexibility index (Phi) is 3.08. The van der Waals surface area contributed by atoms with Crippen molar-refractivity contribution in [1.29, 1.82) is 0 Å². The van der Waals surface area contributed by atoms with E-state index in [4.69, 9.17) is 0 Å². The molecule has 4 aromatic rings. The van der Waals surface area contributed by atoms with Crippen molar-refractivity contribution in [3.63, 3.8) is 0 Å². The average molecular weight is 366 g/mol. The maximum Gasteiger partial charge on any atom is 0.224 e. The molecule has 0 saturated heterocycles. The molecule has 0 atom stereocenters. The monoisotopic (exact) mass is 365 g/mol. The van der Waals surface area contributed by atoms with Crippen LogP contribution in [0.5, 0.6) is 0 Å². The van der Waals surface area contributed by atoms with Gasteiger partial charge in [-0.25, -0.2) is 4.57 Å². The van der Waals surface area contributed by atoms with Crippen molar-refractivity contribution >= 4 is 32.9 Å². The Hall–Kier alpha value is -2.87. The molecule has 0 unspecified atom stereocenters. The smallest absolute Gasteiger partial charge is 0.224 e. The first-order valence-corrected chi connectivity index (χ1v) is 10.3. The van der Waals surface area contributed by atoms with Crippen molar-refractivity contribution in [3.8, 4) is 11.3 Å². The highest BCUT2D eigenvalue weighted by atomic mass is 15.1. The van der Waals surface area contributed by atoms with E-state index in [0.717, 1.165) is 0 Å². The van der Waals surface area contributed by atoms with Gasteiger partial charge in [0.15, 0.2) is 6.20 Å². The topological polar surface area (TPSA) is 7.12 Å². The fourth-order valence-corrected chi connectivity index (χ4v) is 5.73. The predicted molar refractivity (Wildman–Crippen MR) is 118 cm³/mol. The van der Waals surface area contributed by atoms with Gasteiger partial charge < -0.3 is 4.90 Å². The minimum Gasteiger partial charge on any atom is -0.343 e. The molecule has 2 aliphatic rings. The van der Waals surface area contributed by atoms with E-state index in [2.05, 4.69) is 80.0 Å². The number of hydrogen-bond donors (Lipinski definition) is 0. The first kappa shape index (κ1) is 16.1. The van der Waals surface area contributed by atoms with Crippen LogP contribution in [-0.2, 0) is 19.9 Å². The van der Waals surface area contributed by atoms with Gasteiger partial charge in [0.1, 0.15) is 7.05 Å². The summed E-state index contributed by atoms with van der Waals surface area (Å²) in [4.78, 5) is 2.47. The molecule has 1 aliphatic carbocycles. The largest absolute Gasteiger partial charge is 0.343 e. The molecule has 0 radical (unpaired) electrons. The second-order valence-corrected chi connectivity index (χ2v) is 8.60. The fraction of sp³-hybridized carbons (Fsp3) is 0.269. The van der Waals surface area contributed by atoms with Gasteiger partial charge in [-0.05, 0) is 77.6 Å². The van der Waals surface area contributed by atoms with Crippen LogP contribution >= 0.6 is 0 Å². The van der Waals surface area contributed by atoms with Gasteiger partial charge in [-0.3, -0.25) is 0 Å². The zero-order valence-electron chi connectivity index (χ0n) is 17.1. The second kappa shape index (κ2) is 5.35. The van der Waals surface area contributed by atoms with Crippen molar-refractivity contribution in [3.05, 3.63) is 64.8 Å². The van der Waals surface area contributed by atoms with Crippen molar-refractivity contribution in [2.75, 3.05) is 11.9 Å². The number of anilines is 2. The van der Waals surface area contributed by atoms with Crippen molar-refractivity contribution in [1.82, 2.24) is 0 Å². The van der Waals surface area contributed by atoms with Gasteiger partial charge in [0.25, 0.3) is 0 Å². The molecular formula is C26H25N2+. The molecule has 0 fully saturated rings. The molecule has 0 bridgehead atoms. The Labute approximate surface area is 166 Å². The van der Waals surface area contributed by atoms with Crippen LogP contribution in [0, 0.1) is 13.8 Å². The maximum absolute atomic E-state index is 2.47. The van der Waals surface area contributed by atoms with E-state index in [1.54, 1.807) is 5.56 Å². The van der Waals surface area contributed by atoms with Gasteiger partial charge in [-0.1, -0.05) is 24.3 Å². The molecule has 2 heteroatoms. The van der Waals surface area contributed by atoms with Crippen LogP contribution in [0.15, 0.2) is 42.6 Å². The number of hydrogen-bond acceptors (Lipinski definition) is 1. The molecule has 28 heavy (non-hydrogen) atoms. The zero-order chi connectivity index (χ0) is 19.2. The van der Waals surface area contributed by atoms with E-state index in [0.29, 0.717) is 0 Å². The van der Waals surface area contributed by atoms with Gasteiger partial charge in [-0.15, -0.1) is 0 Å².